The molecule has 0 spiro atoms. The van der Waals surface area contributed by atoms with Crippen molar-refractivity contribution in [3.8, 4) is 11.5 Å². The van der Waals surface area contributed by atoms with Gasteiger partial charge in [-0.2, -0.15) is 10.2 Å². The number of anilines is 1. The maximum absolute atomic E-state index is 12.8. The second kappa shape index (κ2) is 10.3. The van der Waals surface area contributed by atoms with E-state index in [9.17, 15) is 9.90 Å². The number of hydrazone groups is 1. The lowest BCUT2D eigenvalue weighted by atomic mass is 10.0. The molecule has 0 aliphatic heterocycles. The predicted molar refractivity (Wildman–Crippen MR) is 133 cm³/mol. The number of azo groups is 1. The highest BCUT2D eigenvalue weighted by Gasteiger charge is 2.18. The number of fused-ring (bicyclic) bond motifs is 1. The van der Waals surface area contributed by atoms with Crippen LogP contribution in [0.15, 0.2) is 94.2 Å². The van der Waals surface area contributed by atoms with E-state index < -0.39 is 5.91 Å². The molecule has 0 aromatic heterocycles. The van der Waals surface area contributed by atoms with E-state index >= 15 is 0 Å². The van der Waals surface area contributed by atoms with Gasteiger partial charge in [0.05, 0.1) is 24.1 Å². The number of nitrogen functional groups attached to an aromatic ring is 1. The molecule has 4 N–H and O–H groups in total. The molecule has 4 aromatic rings. The SMILES string of the molecule is CCOc1ccc(C=NNC(=O)c2cc3ccccc3c(N=Nc3ccc(N)cc3)c2O)cc1. The van der Waals surface area contributed by atoms with Crippen molar-refractivity contribution in [2.45, 2.75) is 6.92 Å². The van der Waals surface area contributed by atoms with Gasteiger partial charge in [0.1, 0.15) is 11.4 Å². The number of nitrogens with one attached hydrogen (secondary N) is 1. The molecule has 4 rings (SSSR count). The first-order chi connectivity index (χ1) is 16.5. The normalized spacial score (nSPS) is 11.3. The lowest BCUT2D eigenvalue weighted by Gasteiger charge is -2.09. The molecule has 0 heterocycles. The zero-order valence-corrected chi connectivity index (χ0v) is 18.5. The number of benzene rings is 4. The minimum atomic E-state index is -0.575. The summed E-state index contributed by atoms with van der Waals surface area (Å²) < 4.78 is 5.41. The smallest absolute Gasteiger partial charge is 0.275 e. The fourth-order valence-electron chi connectivity index (χ4n) is 3.28. The average Bonchev–Trinajstić information content (AvgIpc) is 2.85. The summed E-state index contributed by atoms with van der Waals surface area (Å²) in [6, 6.07) is 23.0. The number of amides is 1. The molecule has 4 aromatic carbocycles. The third-order valence-corrected chi connectivity index (χ3v) is 4.97. The van der Waals surface area contributed by atoms with Crippen LogP contribution in [0.5, 0.6) is 11.5 Å². The van der Waals surface area contributed by atoms with Gasteiger partial charge in [0.25, 0.3) is 5.91 Å². The van der Waals surface area contributed by atoms with Crippen molar-refractivity contribution in [2.24, 2.45) is 15.3 Å². The molecule has 34 heavy (non-hydrogen) atoms. The first-order valence-electron chi connectivity index (χ1n) is 10.6. The molecule has 0 saturated carbocycles. The minimum Gasteiger partial charge on any atom is -0.505 e. The summed E-state index contributed by atoms with van der Waals surface area (Å²) in [4.78, 5) is 12.8. The van der Waals surface area contributed by atoms with E-state index in [1.54, 1.807) is 36.4 Å². The summed E-state index contributed by atoms with van der Waals surface area (Å²) in [6.07, 6.45) is 1.51. The van der Waals surface area contributed by atoms with Gasteiger partial charge in [0.15, 0.2) is 5.75 Å². The summed E-state index contributed by atoms with van der Waals surface area (Å²) >= 11 is 0. The molecular formula is C26H23N5O3. The molecule has 1 amide bonds. The fraction of sp³-hybridized carbons (Fsp3) is 0.0769. The molecule has 0 radical (unpaired) electrons. The van der Waals surface area contributed by atoms with Crippen molar-refractivity contribution in [2.75, 3.05) is 12.3 Å². The number of phenolic OH excluding ortho intramolecular Hbond substituents is 1. The molecule has 0 atom stereocenters. The Hall–Kier alpha value is -4.72. The van der Waals surface area contributed by atoms with E-state index in [0.29, 0.717) is 23.4 Å². The standard InChI is InChI=1S/C26H23N5O3/c1-2-34-21-13-7-17(8-14-21)16-28-31-26(33)23-15-18-5-3-4-6-22(18)24(25(23)32)30-29-20-11-9-19(27)10-12-20/h3-16,32H,2,27H2,1H3,(H,31,33). The molecule has 0 aliphatic carbocycles. The first-order valence-corrected chi connectivity index (χ1v) is 10.6. The van der Waals surface area contributed by atoms with Crippen LogP contribution in [-0.4, -0.2) is 23.8 Å². The monoisotopic (exact) mass is 453 g/mol. The van der Waals surface area contributed by atoms with Crippen LogP contribution in [0.25, 0.3) is 10.8 Å². The zero-order valence-electron chi connectivity index (χ0n) is 18.5. The fourth-order valence-corrected chi connectivity index (χ4v) is 3.28. The van der Waals surface area contributed by atoms with Gasteiger partial charge in [-0.05, 0) is 72.5 Å². The van der Waals surface area contributed by atoms with Crippen LogP contribution < -0.4 is 15.9 Å². The molecule has 0 fully saturated rings. The van der Waals surface area contributed by atoms with Gasteiger partial charge in [-0.1, -0.05) is 24.3 Å². The summed E-state index contributed by atoms with van der Waals surface area (Å²) in [5.74, 6) is -0.105. The second-order valence-electron chi connectivity index (χ2n) is 7.34. The summed E-state index contributed by atoms with van der Waals surface area (Å²) in [6.45, 7) is 2.50. The maximum atomic E-state index is 12.8. The third-order valence-electron chi connectivity index (χ3n) is 4.97. The van der Waals surface area contributed by atoms with Crippen LogP contribution in [0, 0.1) is 0 Å². The number of ether oxygens (including phenoxy) is 1. The molecule has 0 bridgehead atoms. The van der Waals surface area contributed by atoms with Crippen LogP contribution >= 0.6 is 0 Å². The van der Waals surface area contributed by atoms with Gasteiger partial charge < -0.3 is 15.6 Å². The van der Waals surface area contributed by atoms with Gasteiger partial charge in [-0.3, -0.25) is 4.79 Å². The first kappa shape index (κ1) is 22.5. The van der Waals surface area contributed by atoms with Gasteiger partial charge in [0, 0.05) is 11.1 Å². The van der Waals surface area contributed by atoms with Crippen LogP contribution in [0.1, 0.15) is 22.8 Å². The highest BCUT2D eigenvalue weighted by molar-refractivity contribution is 6.06. The quantitative estimate of drug-likeness (QED) is 0.144. The van der Waals surface area contributed by atoms with Crippen molar-refractivity contribution in [1.82, 2.24) is 5.43 Å². The number of carbonyl (C=O) groups excluding carboxylic acids is 1. The third kappa shape index (κ3) is 5.18. The Kier molecular flexibility index (Phi) is 6.78. The van der Waals surface area contributed by atoms with Gasteiger partial charge in [-0.25, -0.2) is 5.43 Å². The van der Waals surface area contributed by atoms with Crippen molar-refractivity contribution >= 4 is 40.0 Å². The molecule has 170 valence electrons. The van der Waals surface area contributed by atoms with Crippen LogP contribution in [0.3, 0.4) is 0 Å². The van der Waals surface area contributed by atoms with E-state index in [1.807, 2.05) is 49.4 Å². The Balaban J connectivity index is 1.60. The largest absolute Gasteiger partial charge is 0.505 e. The molecule has 0 aliphatic rings. The summed E-state index contributed by atoms with van der Waals surface area (Å²) in [5.41, 5.74) is 10.3. The molecular weight excluding hydrogens is 430 g/mol. The van der Waals surface area contributed by atoms with Crippen LogP contribution in [0.4, 0.5) is 17.1 Å². The number of phenols is 1. The summed E-state index contributed by atoms with van der Waals surface area (Å²) in [5, 5.41) is 24.7. The minimum absolute atomic E-state index is 0.0359. The number of aromatic hydroxyl groups is 1. The number of carbonyl (C=O) groups is 1. The Bertz CT molecular complexity index is 1360. The Morgan fingerprint density at radius 1 is 1.03 bits per heavy atom. The average molecular weight is 454 g/mol. The molecule has 0 saturated heterocycles. The zero-order chi connectivity index (χ0) is 23.9. The Morgan fingerprint density at radius 3 is 2.50 bits per heavy atom. The number of nitrogens with two attached hydrogens (primary N) is 1. The Labute approximate surface area is 196 Å². The molecule has 0 unspecified atom stereocenters. The van der Waals surface area contributed by atoms with E-state index in [0.717, 1.165) is 16.7 Å². The molecule has 8 nitrogen and oxygen atoms in total. The van der Waals surface area contributed by atoms with Crippen molar-refractivity contribution in [3.05, 3.63) is 90.0 Å². The molecule has 8 heteroatoms. The highest BCUT2D eigenvalue weighted by Crippen LogP contribution is 2.39. The van der Waals surface area contributed by atoms with Crippen molar-refractivity contribution < 1.29 is 14.6 Å². The lowest BCUT2D eigenvalue weighted by molar-refractivity contribution is 0.0952. The lowest BCUT2D eigenvalue weighted by Crippen LogP contribution is -2.17. The maximum Gasteiger partial charge on any atom is 0.275 e. The predicted octanol–water partition coefficient (Wildman–Crippen LogP) is 5.71. The van der Waals surface area contributed by atoms with E-state index in [2.05, 4.69) is 20.8 Å². The summed E-state index contributed by atoms with van der Waals surface area (Å²) in [7, 11) is 0. The van der Waals surface area contributed by atoms with Crippen LogP contribution in [-0.2, 0) is 0 Å². The highest BCUT2D eigenvalue weighted by atomic mass is 16.5. The Morgan fingerprint density at radius 2 is 1.76 bits per heavy atom. The van der Waals surface area contributed by atoms with E-state index in [4.69, 9.17) is 10.5 Å². The van der Waals surface area contributed by atoms with Gasteiger partial charge >= 0.3 is 0 Å². The van der Waals surface area contributed by atoms with Crippen molar-refractivity contribution in [1.29, 1.82) is 0 Å². The second-order valence-corrected chi connectivity index (χ2v) is 7.34. The number of nitrogens with zero attached hydrogens (tertiary/aromatic N) is 3. The number of rotatable bonds is 7. The van der Waals surface area contributed by atoms with Gasteiger partial charge in [0.2, 0.25) is 0 Å². The van der Waals surface area contributed by atoms with E-state index in [1.165, 1.54) is 6.21 Å². The van der Waals surface area contributed by atoms with Crippen LogP contribution in [0.2, 0.25) is 0 Å². The number of hydrogen-bond acceptors (Lipinski definition) is 7. The van der Waals surface area contributed by atoms with Gasteiger partial charge in [-0.15, -0.1) is 5.11 Å². The number of hydrogen-bond donors (Lipinski definition) is 3. The van der Waals surface area contributed by atoms with E-state index in [-0.39, 0.29) is 17.0 Å². The topological polar surface area (TPSA) is 122 Å². The van der Waals surface area contributed by atoms with Crippen molar-refractivity contribution in [3.63, 3.8) is 0 Å².